The maximum absolute atomic E-state index is 13.3. The average Bonchev–Trinajstić information content (AvgIpc) is 2.82. The fourth-order valence-corrected chi connectivity index (χ4v) is 4.56. The number of ether oxygens (including phenoxy) is 1. The van der Waals surface area contributed by atoms with Gasteiger partial charge in [-0.1, -0.05) is 55.5 Å². The van der Waals surface area contributed by atoms with Crippen molar-refractivity contribution in [1.82, 2.24) is 5.32 Å². The smallest absolute Gasteiger partial charge is 0.264 e. The summed E-state index contributed by atoms with van der Waals surface area (Å²) >= 11 is 0. The summed E-state index contributed by atoms with van der Waals surface area (Å²) < 4.78 is 32.9. The van der Waals surface area contributed by atoms with Crippen molar-refractivity contribution in [1.29, 1.82) is 0 Å². The van der Waals surface area contributed by atoms with Crippen molar-refractivity contribution in [2.24, 2.45) is 0 Å². The molecule has 6 nitrogen and oxygen atoms in total. The molecule has 3 aromatic carbocycles. The highest BCUT2D eigenvalue weighted by Crippen LogP contribution is 2.25. The van der Waals surface area contributed by atoms with Crippen molar-refractivity contribution in [2.75, 3.05) is 24.5 Å². The highest BCUT2D eigenvalue weighted by Gasteiger charge is 2.27. The van der Waals surface area contributed by atoms with E-state index in [1.807, 2.05) is 37.3 Å². The lowest BCUT2D eigenvalue weighted by Gasteiger charge is -2.24. The van der Waals surface area contributed by atoms with Gasteiger partial charge in [-0.3, -0.25) is 9.10 Å². The Morgan fingerprint density at radius 2 is 1.52 bits per heavy atom. The van der Waals surface area contributed by atoms with Crippen molar-refractivity contribution in [3.8, 4) is 5.75 Å². The van der Waals surface area contributed by atoms with Crippen LogP contribution in [0, 0.1) is 0 Å². The number of anilines is 1. The molecule has 1 N–H and O–H groups in total. The van der Waals surface area contributed by atoms with E-state index in [2.05, 4.69) is 5.32 Å². The number of carbonyl (C=O) groups excluding carboxylic acids is 1. The molecule has 0 fully saturated rings. The molecule has 0 aliphatic carbocycles. The zero-order chi connectivity index (χ0) is 22.3. The van der Waals surface area contributed by atoms with Crippen LogP contribution in [0.5, 0.6) is 5.75 Å². The van der Waals surface area contributed by atoms with Crippen molar-refractivity contribution in [3.05, 3.63) is 90.5 Å². The lowest BCUT2D eigenvalue weighted by Crippen LogP contribution is -2.41. The van der Waals surface area contributed by atoms with Crippen LogP contribution in [0.25, 0.3) is 0 Å². The van der Waals surface area contributed by atoms with Gasteiger partial charge in [0.2, 0.25) is 5.91 Å². The van der Waals surface area contributed by atoms with Crippen LogP contribution >= 0.6 is 0 Å². The number of amides is 1. The third-order valence-corrected chi connectivity index (χ3v) is 6.74. The first kappa shape index (κ1) is 22.4. The van der Waals surface area contributed by atoms with Crippen LogP contribution in [0.15, 0.2) is 89.8 Å². The average molecular weight is 439 g/mol. The van der Waals surface area contributed by atoms with E-state index in [0.29, 0.717) is 18.0 Å². The predicted molar refractivity (Wildman–Crippen MR) is 122 cm³/mol. The minimum absolute atomic E-state index is 0.0857. The molecule has 162 valence electrons. The Labute approximate surface area is 183 Å². The van der Waals surface area contributed by atoms with E-state index in [4.69, 9.17) is 4.74 Å². The Morgan fingerprint density at radius 3 is 2.10 bits per heavy atom. The van der Waals surface area contributed by atoms with Crippen molar-refractivity contribution in [3.63, 3.8) is 0 Å². The molecule has 0 aliphatic rings. The maximum atomic E-state index is 13.3. The summed E-state index contributed by atoms with van der Waals surface area (Å²) in [4.78, 5) is 12.8. The second-order valence-electron chi connectivity index (χ2n) is 7.14. The number of hydrogen-bond donors (Lipinski definition) is 1. The third-order valence-electron chi connectivity index (χ3n) is 4.95. The molecule has 1 amide bonds. The van der Waals surface area contributed by atoms with Gasteiger partial charge in [0, 0.05) is 6.54 Å². The standard InChI is InChI=1S/C24H26N2O4S/c1-19(20-9-5-3-6-10-20)17-25-24(27)18-26(21-11-7-4-8-12-21)31(28,29)23-15-13-22(30-2)14-16-23/h3-16,19H,17-18H2,1-2H3,(H,25,27)/t19-/m1/s1. The van der Waals surface area contributed by atoms with Crippen LogP contribution in [-0.4, -0.2) is 34.5 Å². The van der Waals surface area contributed by atoms with E-state index in [-0.39, 0.29) is 23.3 Å². The first-order chi connectivity index (χ1) is 14.9. The first-order valence-electron chi connectivity index (χ1n) is 9.95. The molecule has 0 unspecified atom stereocenters. The van der Waals surface area contributed by atoms with E-state index in [1.165, 1.54) is 19.2 Å². The van der Waals surface area contributed by atoms with Gasteiger partial charge in [-0.2, -0.15) is 0 Å². The van der Waals surface area contributed by atoms with Gasteiger partial charge in [-0.25, -0.2) is 8.42 Å². The van der Waals surface area contributed by atoms with Crippen LogP contribution in [0.2, 0.25) is 0 Å². The number of carbonyl (C=O) groups is 1. The number of rotatable bonds is 9. The summed E-state index contributed by atoms with van der Waals surface area (Å²) in [7, 11) is -2.43. The van der Waals surface area contributed by atoms with Crippen LogP contribution in [0.1, 0.15) is 18.4 Å². The molecule has 0 saturated heterocycles. The predicted octanol–water partition coefficient (Wildman–Crippen LogP) is 3.81. The molecule has 0 spiro atoms. The number of methoxy groups -OCH3 is 1. The lowest BCUT2D eigenvalue weighted by molar-refractivity contribution is -0.119. The third kappa shape index (κ3) is 5.64. The number of hydrogen-bond acceptors (Lipinski definition) is 4. The second-order valence-corrected chi connectivity index (χ2v) is 9.00. The Kier molecular flexibility index (Phi) is 7.31. The molecular weight excluding hydrogens is 412 g/mol. The zero-order valence-electron chi connectivity index (χ0n) is 17.6. The minimum atomic E-state index is -3.95. The van der Waals surface area contributed by atoms with Crippen LogP contribution in [0.4, 0.5) is 5.69 Å². The molecule has 0 saturated carbocycles. The number of nitrogens with one attached hydrogen (secondary N) is 1. The number of nitrogens with zero attached hydrogens (tertiary/aromatic N) is 1. The van der Waals surface area contributed by atoms with Crippen molar-refractivity contribution < 1.29 is 17.9 Å². The Morgan fingerprint density at radius 1 is 0.935 bits per heavy atom. The largest absolute Gasteiger partial charge is 0.497 e. The fourth-order valence-electron chi connectivity index (χ4n) is 3.14. The quantitative estimate of drug-likeness (QED) is 0.551. The molecule has 0 aromatic heterocycles. The molecule has 0 radical (unpaired) electrons. The molecular formula is C24H26N2O4S. The normalized spacial score (nSPS) is 12.1. The summed E-state index contributed by atoms with van der Waals surface area (Å²) in [6.07, 6.45) is 0. The van der Waals surface area contributed by atoms with Gasteiger partial charge >= 0.3 is 0 Å². The van der Waals surface area contributed by atoms with Crippen LogP contribution in [0.3, 0.4) is 0 Å². The summed E-state index contributed by atoms with van der Waals surface area (Å²) in [5, 5.41) is 2.86. The number of sulfonamides is 1. The molecule has 0 bridgehead atoms. The molecule has 0 aliphatic heterocycles. The first-order valence-corrected chi connectivity index (χ1v) is 11.4. The van der Waals surface area contributed by atoms with Gasteiger partial charge in [0.15, 0.2) is 0 Å². The van der Waals surface area contributed by atoms with Crippen molar-refractivity contribution >= 4 is 21.6 Å². The van der Waals surface area contributed by atoms with Gasteiger partial charge in [-0.15, -0.1) is 0 Å². The molecule has 31 heavy (non-hydrogen) atoms. The Balaban J connectivity index is 1.78. The summed E-state index contributed by atoms with van der Waals surface area (Å²) in [5.74, 6) is 0.287. The van der Waals surface area contributed by atoms with E-state index in [0.717, 1.165) is 9.87 Å². The SMILES string of the molecule is COc1ccc(S(=O)(=O)N(CC(=O)NC[C@@H](C)c2ccccc2)c2ccccc2)cc1. The second kappa shape index (κ2) is 10.1. The van der Waals surface area contributed by atoms with E-state index >= 15 is 0 Å². The van der Waals surface area contributed by atoms with E-state index in [9.17, 15) is 13.2 Å². The van der Waals surface area contributed by atoms with E-state index < -0.39 is 10.0 Å². The summed E-state index contributed by atoms with van der Waals surface area (Å²) in [6, 6.07) is 24.6. The Bertz CT molecular complexity index is 1090. The highest BCUT2D eigenvalue weighted by atomic mass is 32.2. The van der Waals surface area contributed by atoms with Crippen molar-refractivity contribution in [2.45, 2.75) is 17.7 Å². The molecule has 0 heterocycles. The van der Waals surface area contributed by atoms with E-state index in [1.54, 1.807) is 42.5 Å². The van der Waals surface area contributed by atoms with Crippen LogP contribution < -0.4 is 14.4 Å². The minimum Gasteiger partial charge on any atom is -0.497 e. The number of benzene rings is 3. The monoisotopic (exact) mass is 438 g/mol. The Hall–Kier alpha value is -3.32. The van der Waals surface area contributed by atoms with Gasteiger partial charge in [0.05, 0.1) is 17.7 Å². The van der Waals surface area contributed by atoms with Gasteiger partial charge in [0.25, 0.3) is 10.0 Å². The highest BCUT2D eigenvalue weighted by molar-refractivity contribution is 7.92. The van der Waals surface area contributed by atoms with Gasteiger partial charge in [0.1, 0.15) is 12.3 Å². The molecule has 7 heteroatoms. The van der Waals surface area contributed by atoms with Crippen LogP contribution in [-0.2, 0) is 14.8 Å². The lowest BCUT2D eigenvalue weighted by atomic mass is 10.0. The number of para-hydroxylation sites is 1. The fraction of sp³-hybridized carbons (Fsp3) is 0.208. The summed E-state index contributed by atoms with van der Waals surface area (Å²) in [5.41, 5.74) is 1.53. The van der Waals surface area contributed by atoms with Gasteiger partial charge in [-0.05, 0) is 47.9 Å². The topological polar surface area (TPSA) is 75.7 Å². The maximum Gasteiger partial charge on any atom is 0.264 e. The van der Waals surface area contributed by atoms with Gasteiger partial charge < -0.3 is 10.1 Å². The zero-order valence-corrected chi connectivity index (χ0v) is 18.4. The molecule has 1 atom stereocenters. The molecule has 3 rings (SSSR count). The molecule has 3 aromatic rings. The summed E-state index contributed by atoms with van der Waals surface area (Å²) in [6.45, 7) is 2.10.